The van der Waals surface area contributed by atoms with Crippen molar-refractivity contribution >= 4 is 17.7 Å². The van der Waals surface area contributed by atoms with Crippen LogP contribution in [0.2, 0.25) is 0 Å². The van der Waals surface area contributed by atoms with Gasteiger partial charge in [-0.25, -0.2) is 0 Å². The van der Waals surface area contributed by atoms with Crippen LogP contribution < -0.4 is 5.32 Å². The van der Waals surface area contributed by atoms with Crippen LogP contribution in [0.4, 0.5) is 0 Å². The van der Waals surface area contributed by atoms with Crippen molar-refractivity contribution in [3.63, 3.8) is 0 Å². The van der Waals surface area contributed by atoms with Crippen molar-refractivity contribution in [3.05, 3.63) is 88.2 Å². The largest absolute Gasteiger partial charge is 0.504 e. The molecule has 3 amide bonds. The third-order valence-corrected chi connectivity index (χ3v) is 4.36. The van der Waals surface area contributed by atoms with E-state index in [1.807, 2.05) is 6.07 Å². The van der Waals surface area contributed by atoms with E-state index >= 15 is 0 Å². The molecule has 3 rings (SSSR count). The summed E-state index contributed by atoms with van der Waals surface area (Å²) in [6.07, 6.45) is 0.890. The molecule has 1 heterocycles. The number of fused-ring (bicyclic) bond motifs is 1. The van der Waals surface area contributed by atoms with Gasteiger partial charge in [-0.3, -0.25) is 19.3 Å². The van der Waals surface area contributed by atoms with E-state index in [1.165, 1.54) is 0 Å². The van der Waals surface area contributed by atoms with Crippen LogP contribution in [0.25, 0.3) is 4.98 Å². The standard InChI is InChI=1S/C20H16N4O4/c21-23-12-14(25)11-22-18(26)17(10-13-6-2-1-3-7-13)24-19(27)15-8-4-5-9-16(15)20(24)28/h1-9,12,17H,10-11H2,(H-,22,25,26)/p+1. The molecule has 1 atom stereocenters. The molecule has 1 aliphatic heterocycles. The highest BCUT2D eigenvalue weighted by molar-refractivity contribution is 6.22. The van der Waals surface area contributed by atoms with E-state index in [9.17, 15) is 19.5 Å². The van der Waals surface area contributed by atoms with Crippen molar-refractivity contribution in [1.29, 1.82) is 5.39 Å². The molecule has 2 N–H and O–H groups in total. The fourth-order valence-corrected chi connectivity index (χ4v) is 3.04. The number of carbonyl (C=O) groups excluding carboxylic acids is 3. The average Bonchev–Trinajstić information content (AvgIpc) is 2.96. The first-order valence-corrected chi connectivity index (χ1v) is 8.53. The summed E-state index contributed by atoms with van der Waals surface area (Å²) in [6, 6.07) is 14.3. The van der Waals surface area contributed by atoms with Gasteiger partial charge in [0.2, 0.25) is 11.3 Å². The van der Waals surface area contributed by atoms with Crippen LogP contribution in [-0.4, -0.2) is 40.3 Å². The molecule has 0 saturated heterocycles. The molecule has 1 unspecified atom stereocenters. The SMILES string of the molecule is N#[N+]C=C(O)CNC(=O)C(Cc1ccccc1)N1C(=O)c2ccccc2C1=O. The molecule has 0 radical (unpaired) electrons. The second-order valence-corrected chi connectivity index (χ2v) is 6.19. The Bertz CT molecular complexity index is 960. The molecule has 0 aliphatic carbocycles. The summed E-state index contributed by atoms with van der Waals surface area (Å²) in [5.74, 6) is -2.07. The number of imide groups is 1. The number of nitrogens with zero attached hydrogens (tertiary/aromatic N) is 3. The second kappa shape index (κ2) is 8.14. The lowest BCUT2D eigenvalue weighted by atomic mass is 10.0. The van der Waals surface area contributed by atoms with E-state index < -0.39 is 23.8 Å². The fourth-order valence-electron chi connectivity index (χ4n) is 3.04. The van der Waals surface area contributed by atoms with Gasteiger partial charge in [0, 0.05) is 6.42 Å². The molecule has 8 heteroatoms. The predicted octanol–water partition coefficient (Wildman–Crippen LogP) is 2.26. The van der Waals surface area contributed by atoms with Crippen molar-refractivity contribution in [3.8, 4) is 0 Å². The molecular formula is C20H17N4O4+. The zero-order valence-corrected chi connectivity index (χ0v) is 14.8. The lowest BCUT2D eigenvalue weighted by Crippen LogP contribution is -2.51. The Morgan fingerprint density at radius 3 is 2.21 bits per heavy atom. The third-order valence-electron chi connectivity index (χ3n) is 4.36. The quantitative estimate of drug-likeness (QED) is 0.455. The normalized spacial score (nSPS) is 14.4. The first kappa shape index (κ1) is 18.8. The molecule has 28 heavy (non-hydrogen) atoms. The molecule has 2 aromatic carbocycles. The molecule has 0 saturated carbocycles. The highest BCUT2D eigenvalue weighted by Crippen LogP contribution is 2.26. The molecular weight excluding hydrogens is 360 g/mol. The molecule has 0 fully saturated rings. The van der Waals surface area contributed by atoms with Gasteiger partial charge in [0.15, 0.2) is 10.7 Å². The molecule has 1 aliphatic rings. The lowest BCUT2D eigenvalue weighted by molar-refractivity contribution is -0.124. The number of rotatable bonds is 6. The maximum absolute atomic E-state index is 12.8. The fraction of sp³-hybridized carbons (Fsp3) is 0.150. The van der Waals surface area contributed by atoms with Crippen LogP contribution in [0.3, 0.4) is 0 Å². The first-order valence-electron chi connectivity index (χ1n) is 8.53. The zero-order chi connectivity index (χ0) is 20.1. The van der Waals surface area contributed by atoms with E-state index in [1.54, 1.807) is 48.5 Å². The molecule has 2 aromatic rings. The van der Waals surface area contributed by atoms with Gasteiger partial charge >= 0.3 is 6.20 Å². The van der Waals surface area contributed by atoms with E-state index in [4.69, 9.17) is 5.39 Å². The minimum atomic E-state index is -1.10. The van der Waals surface area contributed by atoms with Crippen LogP contribution in [0.15, 0.2) is 66.6 Å². The highest BCUT2D eigenvalue weighted by Gasteiger charge is 2.42. The first-order chi connectivity index (χ1) is 13.5. The van der Waals surface area contributed by atoms with Crippen molar-refractivity contribution in [1.82, 2.24) is 10.2 Å². The summed E-state index contributed by atoms with van der Waals surface area (Å²) in [7, 11) is 0. The number of aliphatic hydroxyl groups is 1. The number of nitrogens with one attached hydrogen (secondary N) is 1. The summed E-state index contributed by atoms with van der Waals surface area (Å²) in [6.45, 7) is -0.308. The summed E-state index contributed by atoms with van der Waals surface area (Å²) < 4.78 is 0. The Morgan fingerprint density at radius 1 is 1.07 bits per heavy atom. The van der Waals surface area contributed by atoms with E-state index in [0.717, 1.165) is 16.7 Å². The van der Waals surface area contributed by atoms with Crippen LogP contribution in [0, 0.1) is 5.39 Å². The number of aliphatic hydroxyl groups excluding tert-OH is 1. The van der Waals surface area contributed by atoms with E-state index in [0.29, 0.717) is 0 Å². The molecule has 0 bridgehead atoms. The molecule has 0 spiro atoms. The Hall–Kier alpha value is -3.99. The Kier molecular flexibility index (Phi) is 5.46. The van der Waals surface area contributed by atoms with E-state index in [-0.39, 0.29) is 29.9 Å². The van der Waals surface area contributed by atoms with Gasteiger partial charge in [0.05, 0.1) is 17.7 Å². The molecule has 8 nitrogen and oxygen atoms in total. The summed E-state index contributed by atoms with van der Waals surface area (Å²) in [5.41, 5.74) is 1.27. The maximum Gasteiger partial charge on any atom is 0.389 e. The van der Waals surface area contributed by atoms with Gasteiger partial charge < -0.3 is 10.4 Å². The van der Waals surface area contributed by atoms with Gasteiger partial charge in [0.25, 0.3) is 11.8 Å². The Labute approximate surface area is 160 Å². The van der Waals surface area contributed by atoms with Crippen molar-refractivity contribution in [2.75, 3.05) is 6.54 Å². The number of carbonyl (C=O) groups is 3. The molecule has 140 valence electrons. The minimum absolute atomic E-state index is 0.118. The summed E-state index contributed by atoms with van der Waals surface area (Å²) in [5, 5.41) is 20.4. The van der Waals surface area contributed by atoms with Crippen LogP contribution in [0.5, 0.6) is 0 Å². The minimum Gasteiger partial charge on any atom is -0.504 e. The maximum atomic E-state index is 12.8. The van der Waals surface area contributed by atoms with Gasteiger partial charge in [-0.05, 0) is 17.7 Å². The Balaban J connectivity index is 1.90. The van der Waals surface area contributed by atoms with Crippen LogP contribution in [0.1, 0.15) is 26.3 Å². The molecule has 0 aromatic heterocycles. The third kappa shape index (κ3) is 3.73. The Morgan fingerprint density at radius 2 is 1.64 bits per heavy atom. The van der Waals surface area contributed by atoms with Gasteiger partial charge in [-0.1, -0.05) is 42.5 Å². The summed E-state index contributed by atoms with van der Waals surface area (Å²) >= 11 is 0. The van der Waals surface area contributed by atoms with Gasteiger partial charge in [0.1, 0.15) is 6.04 Å². The monoisotopic (exact) mass is 377 g/mol. The van der Waals surface area contributed by atoms with E-state index in [2.05, 4.69) is 10.3 Å². The van der Waals surface area contributed by atoms with Crippen molar-refractivity contribution < 1.29 is 19.5 Å². The van der Waals surface area contributed by atoms with Crippen LogP contribution in [-0.2, 0) is 11.2 Å². The van der Waals surface area contributed by atoms with Crippen molar-refractivity contribution in [2.24, 2.45) is 0 Å². The second-order valence-electron chi connectivity index (χ2n) is 6.19. The number of hydrogen-bond donors (Lipinski definition) is 2. The smallest absolute Gasteiger partial charge is 0.389 e. The van der Waals surface area contributed by atoms with Gasteiger partial charge in [-0.2, -0.15) is 0 Å². The van der Waals surface area contributed by atoms with Crippen LogP contribution >= 0.6 is 0 Å². The zero-order valence-electron chi connectivity index (χ0n) is 14.8. The summed E-state index contributed by atoms with van der Waals surface area (Å²) in [4.78, 5) is 42.0. The number of amides is 3. The number of diazo groups is 1. The van der Waals surface area contributed by atoms with Gasteiger partial charge in [-0.15, -0.1) is 0 Å². The average molecular weight is 377 g/mol. The number of benzene rings is 2. The predicted molar refractivity (Wildman–Crippen MR) is 99.7 cm³/mol. The van der Waals surface area contributed by atoms with Crippen molar-refractivity contribution in [2.45, 2.75) is 12.5 Å². The highest BCUT2D eigenvalue weighted by atomic mass is 16.3. The lowest BCUT2D eigenvalue weighted by Gasteiger charge is -2.25. The number of hydrogen-bond acceptors (Lipinski definition) is 5. The topological polar surface area (TPSA) is 115 Å².